The van der Waals surface area contributed by atoms with E-state index in [1.807, 2.05) is 0 Å². The molecule has 4 fully saturated rings. The topological polar surface area (TPSA) is 444 Å². The summed E-state index contributed by atoms with van der Waals surface area (Å²) in [6, 6.07) is -4.76. The minimum Gasteiger partial charge on any atom is -0.394 e. The fraction of sp³-hybridized carbons (Fsp3) is 0.917. The first-order valence-electron chi connectivity index (χ1n) is 20.4. The number of amides is 3. The molecule has 372 valence electrons. The lowest BCUT2D eigenvalue weighted by Gasteiger charge is -2.48. The standard InChI is InChI=1S/C36H63N3O25/c1-10-21(48)27(54)28(55)35(58-10)63-31-18(8-43)61-33(20(26(31)53)39-13(4)46)57-9-15(47)22(49)30(14(5-40)37-11(2)44)62-36-29(56)32(24(51)17(7-42)60-36)64-34-19(38-12(3)45)25(52)23(50)16(6-41)59-34/h10,14-36,40-43,47-56H,5-9H2,1-4H3,(H,37,44)(H,38,45)(H,39,46)/t10-,14-,15+,16+,17+,18+,19+,20+,21+,22-,23+,24-,25+,26+,27+,28-,29+,30+,31+,32-,33+,34-,35-,36-/m0/s1. The molecule has 0 radical (unpaired) electrons. The molecule has 24 atom stereocenters. The molecule has 3 amide bonds. The van der Waals surface area contributed by atoms with Crippen molar-refractivity contribution in [3.8, 4) is 0 Å². The van der Waals surface area contributed by atoms with Crippen molar-refractivity contribution >= 4 is 17.7 Å². The smallest absolute Gasteiger partial charge is 0.217 e. The normalized spacial score (nSPS) is 42.5. The van der Waals surface area contributed by atoms with E-state index in [1.54, 1.807) is 0 Å². The number of rotatable bonds is 19. The molecule has 4 rings (SSSR count). The Hall–Kier alpha value is -2.47. The molecule has 28 nitrogen and oxygen atoms in total. The maximum Gasteiger partial charge on any atom is 0.217 e. The molecule has 0 bridgehead atoms. The summed E-state index contributed by atoms with van der Waals surface area (Å²) in [7, 11) is 0. The summed E-state index contributed by atoms with van der Waals surface area (Å²) in [4.78, 5) is 36.4. The van der Waals surface area contributed by atoms with Gasteiger partial charge in [-0.2, -0.15) is 0 Å². The lowest BCUT2D eigenvalue weighted by Crippen LogP contribution is -2.68. The molecule has 0 aromatic heterocycles. The average molecular weight is 938 g/mol. The van der Waals surface area contributed by atoms with Crippen molar-refractivity contribution in [1.82, 2.24) is 16.0 Å². The third kappa shape index (κ3) is 12.7. The van der Waals surface area contributed by atoms with Gasteiger partial charge in [0.15, 0.2) is 25.2 Å². The molecule has 0 aromatic rings. The van der Waals surface area contributed by atoms with Crippen LogP contribution in [0.15, 0.2) is 0 Å². The highest BCUT2D eigenvalue weighted by Crippen LogP contribution is 2.33. The Morgan fingerprint density at radius 1 is 0.562 bits per heavy atom. The average Bonchev–Trinajstić information content (AvgIpc) is 3.24. The van der Waals surface area contributed by atoms with Crippen molar-refractivity contribution in [3.05, 3.63) is 0 Å². The van der Waals surface area contributed by atoms with Crippen LogP contribution in [-0.4, -0.2) is 269 Å². The van der Waals surface area contributed by atoms with Crippen LogP contribution in [-0.2, 0) is 52.3 Å². The van der Waals surface area contributed by atoms with E-state index in [-0.39, 0.29) is 0 Å². The molecule has 0 aromatic carbocycles. The summed E-state index contributed by atoms with van der Waals surface area (Å²) in [5.74, 6) is -2.28. The molecule has 0 spiro atoms. The van der Waals surface area contributed by atoms with Gasteiger partial charge in [-0.05, 0) is 6.92 Å². The minimum atomic E-state index is -2.24. The second-order valence-electron chi connectivity index (χ2n) is 15.9. The van der Waals surface area contributed by atoms with E-state index in [4.69, 9.17) is 37.9 Å². The quantitative estimate of drug-likeness (QED) is 0.0572. The first-order valence-corrected chi connectivity index (χ1v) is 20.4. The van der Waals surface area contributed by atoms with Gasteiger partial charge in [-0.15, -0.1) is 0 Å². The zero-order valence-electron chi connectivity index (χ0n) is 35.1. The molecular formula is C36H63N3O25. The Labute approximate surface area is 365 Å². The Balaban J connectivity index is 1.56. The number of carbonyl (C=O) groups excluding carboxylic acids is 3. The number of aliphatic hydroxyl groups excluding tert-OH is 14. The van der Waals surface area contributed by atoms with Crippen LogP contribution in [0.4, 0.5) is 0 Å². The van der Waals surface area contributed by atoms with E-state index in [0.29, 0.717) is 0 Å². The van der Waals surface area contributed by atoms with Gasteiger partial charge in [0.1, 0.15) is 110 Å². The molecule has 0 unspecified atom stereocenters. The Kier molecular flexibility index (Phi) is 20.3. The van der Waals surface area contributed by atoms with Crippen LogP contribution >= 0.6 is 0 Å². The number of carbonyl (C=O) groups is 3. The lowest BCUT2D eigenvalue weighted by molar-refractivity contribution is -0.358. The zero-order chi connectivity index (χ0) is 47.9. The van der Waals surface area contributed by atoms with Crippen molar-refractivity contribution in [2.75, 3.05) is 33.0 Å². The van der Waals surface area contributed by atoms with Crippen LogP contribution in [0.25, 0.3) is 0 Å². The van der Waals surface area contributed by atoms with Gasteiger partial charge in [-0.3, -0.25) is 14.4 Å². The van der Waals surface area contributed by atoms with Crippen LogP contribution in [0.2, 0.25) is 0 Å². The summed E-state index contributed by atoms with van der Waals surface area (Å²) in [5, 5.41) is 156. The van der Waals surface area contributed by atoms with E-state index in [9.17, 15) is 85.9 Å². The largest absolute Gasteiger partial charge is 0.394 e. The predicted octanol–water partition coefficient (Wildman–Crippen LogP) is -10.8. The molecular weight excluding hydrogens is 874 g/mol. The number of ether oxygens (including phenoxy) is 8. The van der Waals surface area contributed by atoms with Crippen LogP contribution in [0.5, 0.6) is 0 Å². The highest BCUT2D eigenvalue weighted by Gasteiger charge is 2.54. The second-order valence-corrected chi connectivity index (χ2v) is 15.9. The molecule has 4 heterocycles. The third-order valence-electron chi connectivity index (χ3n) is 11.1. The maximum atomic E-state index is 12.2. The van der Waals surface area contributed by atoms with Crippen LogP contribution in [0.1, 0.15) is 27.7 Å². The van der Waals surface area contributed by atoms with Crippen molar-refractivity contribution in [3.63, 3.8) is 0 Å². The van der Waals surface area contributed by atoms with Crippen LogP contribution < -0.4 is 16.0 Å². The fourth-order valence-electron chi connectivity index (χ4n) is 7.69. The maximum absolute atomic E-state index is 12.2. The monoisotopic (exact) mass is 937 g/mol. The number of aliphatic hydroxyl groups is 14. The summed E-state index contributed by atoms with van der Waals surface area (Å²) in [6.07, 6.45) is -37.4. The molecule has 4 aliphatic heterocycles. The highest BCUT2D eigenvalue weighted by molar-refractivity contribution is 5.74. The minimum absolute atomic E-state index is 0.738. The molecule has 0 saturated carbocycles. The fourth-order valence-corrected chi connectivity index (χ4v) is 7.69. The Morgan fingerprint density at radius 3 is 1.64 bits per heavy atom. The second kappa shape index (κ2) is 24.0. The number of hydrogen-bond acceptors (Lipinski definition) is 25. The zero-order valence-corrected chi connectivity index (χ0v) is 35.1. The van der Waals surface area contributed by atoms with E-state index in [2.05, 4.69) is 16.0 Å². The Bertz CT molecular complexity index is 1490. The highest BCUT2D eigenvalue weighted by atomic mass is 16.8. The van der Waals surface area contributed by atoms with E-state index < -0.39 is 198 Å². The van der Waals surface area contributed by atoms with Gasteiger partial charge in [0.2, 0.25) is 17.7 Å². The molecule has 64 heavy (non-hydrogen) atoms. The SMILES string of the molecule is CC(=O)N[C@H]1[C@H](OC[C@@H](O)[C@H](O)[C@H](O[C@@H]2O[C@H](CO)[C@H](O)[C@H](O[C@@H]3O[C@H](CO)[C@@H](O)[C@H](O)[C@H]3NC(C)=O)[C@H]2O)[C@H](CO)NC(C)=O)O[C@H](CO)[C@@H](O[C@@H]2O[C@@H](C)[C@@H](O)[C@@H](O)[C@@H]2O)[C@@H]1O. The molecule has 28 heteroatoms. The Morgan fingerprint density at radius 2 is 1.09 bits per heavy atom. The molecule has 4 saturated heterocycles. The number of nitrogens with one attached hydrogen (secondary N) is 3. The van der Waals surface area contributed by atoms with Gasteiger partial charge in [-0.1, -0.05) is 0 Å². The van der Waals surface area contributed by atoms with Crippen LogP contribution in [0, 0.1) is 0 Å². The lowest BCUT2D eigenvalue weighted by atomic mass is 9.95. The molecule has 0 aliphatic carbocycles. The van der Waals surface area contributed by atoms with Gasteiger partial charge in [-0.25, -0.2) is 0 Å². The van der Waals surface area contributed by atoms with Gasteiger partial charge in [0, 0.05) is 20.8 Å². The first-order chi connectivity index (χ1) is 30.1. The van der Waals surface area contributed by atoms with Crippen LogP contribution in [0.3, 0.4) is 0 Å². The van der Waals surface area contributed by atoms with Crippen molar-refractivity contribution < 1.29 is 124 Å². The predicted molar refractivity (Wildman–Crippen MR) is 202 cm³/mol. The van der Waals surface area contributed by atoms with Crippen molar-refractivity contribution in [2.24, 2.45) is 0 Å². The van der Waals surface area contributed by atoms with E-state index in [0.717, 1.165) is 20.8 Å². The summed E-state index contributed by atoms with van der Waals surface area (Å²) in [6.45, 7) is -0.192. The summed E-state index contributed by atoms with van der Waals surface area (Å²) >= 11 is 0. The van der Waals surface area contributed by atoms with E-state index >= 15 is 0 Å². The molecule has 4 aliphatic rings. The van der Waals surface area contributed by atoms with Gasteiger partial charge in [0.25, 0.3) is 0 Å². The third-order valence-corrected chi connectivity index (χ3v) is 11.1. The molecule has 17 N–H and O–H groups in total. The summed E-state index contributed by atoms with van der Waals surface area (Å²) in [5.41, 5.74) is 0. The first kappa shape index (κ1) is 54.1. The van der Waals surface area contributed by atoms with Gasteiger partial charge >= 0.3 is 0 Å². The van der Waals surface area contributed by atoms with Gasteiger partial charge in [0.05, 0.1) is 45.2 Å². The van der Waals surface area contributed by atoms with Crippen molar-refractivity contribution in [1.29, 1.82) is 0 Å². The van der Waals surface area contributed by atoms with Crippen molar-refractivity contribution in [2.45, 2.75) is 175 Å². The summed E-state index contributed by atoms with van der Waals surface area (Å²) < 4.78 is 45.3. The number of hydrogen-bond donors (Lipinski definition) is 17. The van der Waals surface area contributed by atoms with Gasteiger partial charge < -0.3 is 125 Å². The van der Waals surface area contributed by atoms with E-state index in [1.165, 1.54) is 6.92 Å².